The first-order valence-electron chi connectivity index (χ1n) is 6.70. The van der Waals surface area contributed by atoms with Crippen LogP contribution in [0.2, 0.25) is 0 Å². The Morgan fingerprint density at radius 3 is 2.57 bits per heavy atom. The van der Waals surface area contributed by atoms with Crippen molar-refractivity contribution < 1.29 is 19.1 Å². The Hall–Kier alpha value is -1.89. The lowest BCUT2D eigenvalue weighted by Gasteiger charge is -2.14. The van der Waals surface area contributed by atoms with E-state index in [0.717, 1.165) is 5.56 Å². The number of hydrogen-bond donors (Lipinski definition) is 2. The third-order valence-electron chi connectivity index (χ3n) is 2.53. The lowest BCUT2D eigenvalue weighted by molar-refractivity contribution is -0.154. The third-order valence-corrected chi connectivity index (χ3v) is 3.26. The molecule has 1 aromatic rings. The summed E-state index contributed by atoms with van der Waals surface area (Å²) < 4.78 is 4.99. The van der Waals surface area contributed by atoms with Crippen LogP contribution in [0.5, 0.6) is 0 Å². The molecule has 0 radical (unpaired) electrons. The molecule has 0 aliphatic carbocycles. The Bertz CT molecular complexity index is 485. The van der Waals surface area contributed by atoms with Crippen LogP contribution < -0.4 is 10.6 Å². The fourth-order valence-electron chi connectivity index (χ4n) is 1.50. The average molecular weight is 312 g/mol. The van der Waals surface area contributed by atoms with Gasteiger partial charge in [-0.3, -0.25) is 14.9 Å². The van der Waals surface area contributed by atoms with Gasteiger partial charge in [-0.15, -0.1) is 0 Å². The second kappa shape index (κ2) is 8.41. The van der Waals surface area contributed by atoms with Crippen LogP contribution >= 0.6 is 11.3 Å². The molecular formula is C14H20N2O4S. The molecule has 6 nitrogen and oxygen atoms in total. The molecule has 0 fully saturated rings. The Labute approximate surface area is 127 Å². The Morgan fingerprint density at radius 1 is 1.29 bits per heavy atom. The molecule has 21 heavy (non-hydrogen) atoms. The number of carbonyl (C=O) groups excluding carboxylic acids is 3. The summed E-state index contributed by atoms with van der Waals surface area (Å²) in [6.45, 7) is 4.98. The van der Waals surface area contributed by atoms with Crippen molar-refractivity contribution >= 4 is 29.2 Å². The second-order valence-electron chi connectivity index (χ2n) is 4.88. The van der Waals surface area contributed by atoms with Crippen molar-refractivity contribution in [3.63, 3.8) is 0 Å². The van der Waals surface area contributed by atoms with Crippen LogP contribution in [0.15, 0.2) is 16.8 Å². The van der Waals surface area contributed by atoms with E-state index in [-0.39, 0.29) is 12.5 Å². The van der Waals surface area contributed by atoms with Crippen LogP contribution in [-0.2, 0) is 20.7 Å². The highest BCUT2D eigenvalue weighted by molar-refractivity contribution is 7.07. The molecule has 2 N–H and O–H groups in total. The fraction of sp³-hybridized carbons (Fsp3) is 0.500. The minimum atomic E-state index is -1.00. The van der Waals surface area contributed by atoms with E-state index in [2.05, 4.69) is 10.6 Å². The third kappa shape index (κ3) is 6.89. The lowest BCUT2D eigenvalue weighted by Crippen LogP contribution is -2.46. The summed E-state index contributed by atoms with van der Waals surface area (Å²) in [5.74, 6) is -1.11. The molecule has 0 aromatic carbocycles. The molecule has 0 saturated carbocycles. The first-order valence-corrected chi connectivity index (χ1v) is 7.64. The van der Waals surface area contributed by atoms with Gasteiger partial charge in [-0.1, -0.05) is 0 Å². The molecule has 0 unspecified atom stereocenters. The number of aryl methyl sites for hydroxylation is 1. The number of nitrogens with one attached hydrogen (secondary N) is 2. The number of amides is 3. The zero-order chi connectivity index (χ0) is 15.8. The monoisotopic (exact) mass is 312 g/mol. The van der Waals surface area contributed by atoms with Crippen molar-refractivity contribution in [2.75, 3.05) is 0 Å². The van der Waals surface area contributed by atoms with E-state index in [1.54, 1.807) is 25.2 Å². The zero-order valence-electron chi connectivity index (χ0n) is 12.3. The molecule has 0 bridgehead atoms. The van der Waals surface area contributed by atoms with Gasteiger partial charge in [0.2, 0.25) is 0 Å². The van der Waals surface area contributed by atoms with E-state index in [1.807, 2.05) is 16.8 Å². The normalized spacial score (nSPS) is 11.8. The number of ether oxygens (including phenoxy) is 1. The van der Waals surface area contributed by atoms with E-state index in [0.29, 0.717) is 6.42 Å². The van der Waals surface area contributed by atoms with E-state index in [9.17, 15) is 14.4 Å². The van der Waals surface area contributed by atoms with Crippen LogP contribution in [0.4, 0.5) is 4.79 Å². The average Bonchev–Trinajstić information content (AvgIpc) is 2.88. The van der Waals surface area contributed by atoms with E-state index < -0.39 is 24.0 Å². The maximum absolute atomic E-state index is 11.7. The maximum Gasteiger partial charge on any atom is 0.321 e. The molecule has 1 rings (SSSR count). The number of carbonyl (C=O) groups is 3. The van der Waals surface area contributed by atoms with Crippen molar-refractivity contribution in [2.45, 2.75) is 45.8 Å². The number of urea groups is 1. The quantitative estimate of drug-likeness (QED) is 0.785. The summed E-state index contributed by atoms with van der Waals surface area (Å²) in [6.07, 6.45) is -0.227. The molecule has 3 amide bonds. The van der Waals surface area contributed by atoms with Crippen molar-refractivity contribution in [2.24, 2.45) is 0 Å². The Kier molecular flexibility index (Phi) is 6.87. The first-order chi connectivity index (χ1) is 9.88. The molecule has 1 atom stereocenters. The van der Waals surface area contributed by atoms with Gasteiger partial charge >= 0.3 is 12.0 Å². The van der Waals surface area contributed by atoms with Gasteiger partial charge < -0.3 is 10.1 Å². The van der Waals surface area contributed by atoms with Gasteiger partial charge in [0.15, 0.2) is 6.10 Å². The Morgan fingerprint density at radius 2 is 2.00 bits per heavy atom. The summed E-state index contributed by atoms with van der Waals surface area (Å²) >= 11 is 1.56. The van der Waals surface area contributed by atoms with Gasteiger partial charge in [-0.25, -0.2) is 4.79 Å². The van der Waals surface area contributed by atoms with Gasteiger partial charge in [-0.05, 0) is 49.6 Å². The molecular weight excluding hydrogens is 292 g/mol. The summed E-state index contributed by atoms with van der Waals surface area (Å²) in [7, 11) is 0. The summed E-state index contributed by atoms with van der Waals surface area (Å²) in [4.78, 5) is 34.6. The maximum atomic E-state index is 11.7. The van der Waals surface area contributed by atoms with Crippen molar-refractivity contribution in [1.29, 1.82) is 0 Å². The summed E-state index contributed by atoms with van der Waals surface area (Å²) in [5, 5.41) is 8.53. The highest BCUT2D eigenvalue weighted by Crippen LogP contribution is 2.09. The Balaban J connectivity index is 2.30. The molecule has 116 valence electrons. The highest BCUT2D eigenvalue weighted by atomic mass is 32.1. The molecule has 0 saturated heterocycles. The molecule has 0 aliphatic rings. The number of thiophene rings is 1. The van der Waals surface area contributed by atoms with Gasteiger partial charge in [-0.2, -0.15) is 11.3 Å². The van der Waals surface area contributed by atoms with E-state index >= 15 is 0 Å². The van der Waals surface area contributed by atoms with Crippen molar-refractivity contribution in [3.8, 4) is 0 Å². The number of imide groups is 1. The number of hydrogen-bond acceptors (Lipinski definition) is 5. The van der Waals surface area contributed by atoms with E-state index in [4.69, 9.17) is 4.74 Å². The smallest absolute Gasteiger partial charge is 0.321 e. The largest absolute Gasteiger partial charge is 0.453 e. The van der Waals surface area contributed by atoms with Gasteiger partial charge in [0, 0.05) is 12.5 Å². The summed E-state index contributed by atoms with van der Waals surface area (Å²) in [5.41, 5.74) is 1.06. The van der Waals surface area contributed by atoms with Crippen LogP contribution in [0.3, 0.4) is 0 Å². The second-order valence-corrected chi connectivity index (χ2v) is 5.66. The van der Waals surface area contributed by atoms with Crippen molar-refractivity contribution in [3.05, 3.63) is 22.4 Å². The van der Waals surface area contributed by atoms with Gasteiger partial charge in [0.1, 0.15) is 0 Å². The molecule has 0 spiro atoms. The lowest BCUT2D eigenvalue weighted by atomic mass is 10.2. The van der Waals surface area contributed by atoms with Gasteiger partial charge in [0.05, 0.1) is 0 Å². The SMILES string of the molecule is CC(C)NC(=O)NC(=O)[C@H](C)OC(=O)CCc1ccsc1. The van der Waals surface area contributed by atoms with Crippen LogP contribution in [-0.4, -0.2) is 30.1 Å². The van der Waals surface area contributed by atoms with Gasteiger partial charge in [0.25, 0.3) is 5.91 Å². The molecule has 0 aliphatic heterocycles. The number of esters is 1. The zero-order valence-corrected chi connectivity index (χ0v) is 13.2. The topological polar surface area (TPSA) is 84.5 Å². The standard InChI is InChI=1S/C14H20N2O4S/c1-9(2)15-14(19)16-13(18)10(3)20-12(17)5-4-11-6-7-21-8-11/h6-10H,4-5H2,1-3H3,(H2,15,16,18,19)/t10-/m0/s1. The van der Waals surface area contributed by atoms with Crippen LogP contribution in [0.25, 0.3) is 0 Å². The predicted octanol–water partition coefficient (Wildman–Crippen LogP) is 1.85. The fourth-order valence-corrected chi connectivity index (χ4v) is 2.21. The molecule has 1 heterocycles. The molecule has 7 heteroatoms. The summed E-state index contributed by atoms with van der Waals surface area (Å²) in [6, 6.07) is 1.25. The first kappa shape index (κ1) is 17.2. The molecule has 1 aromatic heterocycles. The van der Waals surface area contributed by atoms with Crippen LogP contribution in [0.1, 0.15) is 32.8 Å². The minimum Gasteiger partial charge on any atom is -0.453 e. The minimum absolute atomic E-state index is 0.0822. The van der Waals surface area contributed by atoms with Crippen molar-refractivity contribution in [1.82, 2.24) is 10.6 Å². The number of rotatable bonds is 6. The van der Waals surface area contributed by atoms with Crippen LogP contribution in [0, 0.1) is 0 Å². The highest BCUT2D eigenvalue weighted by Gasteiger charge is 2.20. The predicted molar refractivity (Wildman–Crippen MR) is 80.0 cm³/mol. The van der Waals surface area contributed by atoms with E-state index in [1.165, 1.54) is 6.92 Å².